The zero-order chi connectivity index (χ0) is 20.9. The molecular weight excluding hydrogens is 376 g/mol. The van der Waals surface area contributed by atoms with Crippen molar-refractivity contribution in [2.45, 2.75) is 98.3 Å². The molecule has 2 atom stereocenters. The Balaban J connectivity index is 5.40. The monoisotopic (exact) mass is 420 g/mol. The zero-order valence-corrected chi connectivity index (χ0v) is 21.1. The predicted octanol–water partition coefficient (Wildman–Crippen LogP) is 5.78. The number of carbonyl (C=O) groups is 1. The van der Waals surface area contributed by atoms with Crippen LogP contribution in [-0.4, -0.2) is 42.9 Å². The molecule has 0 aliphatic heterocycles. The second-order valence-corrected chi connectivity index (χ2v) is 14.3. The normalized spacial score (nSPS) is 14.8. The summed E-state index contributed by atoms with van der Waals surface area (Å²) in [6.45, 7) is 18.1. The molecule has 0 aliphatic carbocycles. The lowest BCUT2D eigenvalue weighted by Crippen LogP contribution is -2.50. The molecule has 0 N–H and O–H groups in total. The van der Waals surface area contributed by atoms with Gasteiger partial charge in [0, 0.05) is 25.9 Å². The molecule has 0 spiro atoms. The Kier molecular flexibility index (Phi) is 13.8. The van der Waals surface area contributed by atoms with Crippen LogP contribution in [0, 0.1) is 5.92 Å². The number of hydrogen-bond donors (Lipinski definition) is 0. The molecule has 0 rings (SSSR count). The van der Waals surface area contributed by atoms with Gasteiger partial charge in [0.25, 0.3) is 14.3 Å². The average molecular weight is 421 g/mol. The van der Waals surface area contributed by atoms with Crippen molar-refractivity contribution in [3.63, 3.8) is 0 Å². The Morgan fingerprint density at radius 3 is 1.59 bits per heavy atom. The van der Waals surface area contributed by atoms with E-state index in [2.05, 4.69) is 27.7 Å². The van der Waals surface area contributed by atoms with E-state index >= 15 is 0 Å². The first kappa shape index (κ1) is 26.8. The maximum absolute atomic E-state index is 13.1. The SMILES string of the molecule is CCC[Si](CCC)(OC(=O)C(C)C[Si](OCC)(OCC)OCC)C(C)CC. The maximum atomic E-state index is 13.1. The summed E-state index contributed by atoms with van der Waals surface area (Å²) in [6.07, 6.45) is 3.19. The third-order valence-corrected chi connectivity index (χ3v) is 14.0. The molecule has 5 nitrogen and oxygen atoms in total. The highest BCUT2D eigenvalue weighted by Gasteiger charge is 2.46. The minimum Gasteiger partial charge on any atom is -0.519 e. The Hall–Kier alpha value is -0.216. The van der Waals surface area contributed by atoms with E-state index in [-0.39, 0.29) is 11.9 Å². The average Bonchev–Trinajstić information content (AvgIpc) is 2.61. The van der Waals surface area contributed by atoms with E-state index in [0.29, 0.717) is 31.4 Å². The van der Waals surface area contributed by atoms with E-state index in [9.17, 15) is 4.79 Å². The summed E-state index contributed by atoms with van der Waals surface area (Å²) >= 11 is 0. The quantitative estimate of drug-likeness (QED) is 0.296. The lowest BCUT2D eigenvalue weighted by molar-refractivity contribution is -0.139. The number of carbonyl (C=O) groups excluding carboxylic acids is 1. The van der Waals surface area contributed by atoms with E-state index < -0.39 is 17.1 Å². The molecule has 0 aromatic heterocycles. The van der Waals surface area contributed by atoms with Gasteiger partial charge in [-0.05, 0) is 38.4 Å². The molecule has 0 saturated heterocycles. The first-order valence-corrected chi connectivity index (χ1v) is 15.3. The maximum Gasteiger partial charge on any atom is 0.501 e. The molecule has 0 aromatic rings. The number of rotatable bonds is 16. The summed E-state index contributed by atoms with van der Waals surface area (Å²) in [5.74, 6) is -0.384. The second kappa shape index (κ2) is 13.9. The summed E-state index contributed by atoms with van der Waals surface area (Å²) in [7, 11) is -4.97. The molecule has 0 amide bonds. The van der Waals surface area contributed by atoms with E-state index in [1.807, 2.05) is 27.7 Å². The standard InChI is InChI=1S/C20H44O5Si2/c1-9-15-26(16-10-2,19(8)11-3)25-20(21)18(7)17-27(22-12-4,23-13-5)24-14-6/h18-19H,9-17H2,1-8H3. The van der Waals surface area contributed by atoms with Crippen molar-refractivity contribution in [1.82, 2.24) is 0 Å². The van der Waals surface area contributed by atoms with E-state index in [4.69, 9.17) is 17.7 Å². The first-order chi connectivity index (χ1) is 12.8. The predicted molar refractivity (Wildman–Crippen MR) is 116 cm³/mol. The summed E-state index contributed by atoms with van der Waals surface area (Å²) in [6, 6.07) is 2.56. The fourth-order valence-electron chi connectivity index (χ4n) is 3.76. The van der Waals surface area contributed by atoms with Crippen LogP contribution in [0.4, 0.5) is 0 Å². The first-order valence-electron chi connectivity index (χ1n) is 10.9. The highest BCUT2D eigenvalue weighted by Crippen LogP contribution is 2.37. The Labute approximate surface area is 170 Å². The van der Waals surface area contributed by atoms with Crippen LogP contribution in [0.25, 0.3) is 0 Å². The van der Waals surface area contributed by atoms with Crippen molar-refractivity contribution in [1.29, 1.82) is 0 Å². The van der Waals surface area contributed by atoms with Gasteiger partial charge in [-0.1, -0.05) is 53.9 Å². The molecule has 7 heteroatoms. The van der Waals surface area contributed by atoms with Crippen LogP contribution < -0.4 is 0 Å². The van der Waals surface area contributed by atoms with Gasteiger partial charge in [0.1, 0.15) is 0 Å². The van der Waals surface area contributed by atoms with Gasteiger partial charge < -0.3 is 17.7 Å². The Morgan fingerprint density at radius 1 is 0.815 bits per heavy atom. The zero-order valence-electron chi connectivity index (χ0n) is 19.1. The van der Waals surface area contributed by atoms with Crippen molar-refractivity contribution in [2.24, 2.45) is 5.92 Å². The molecule has 0 radical (unpaired) electrons. The number of hydrogen-bond acceptors (Lipinski definition) is 5. The molecule has 162 valence electrons. The van der Waals surface area contributed by atoms with Crippen LogP contribution in [0.3, 0.4) is 0 Å². The molecule has 2 unspecified atom stereocenters. The summed E-state index contributed by atoms with van der Waals surface area (Å²) < 4.78 is 24.1. The molecule has 27 heavy (non-hydrogen) atoms. The van der Waals surface area contributed by atoms with Crippen molar-refractivity contribution in [2.75, 3.05) is 19.8 Å². The minimum absolute atomic E-state index is 0.0974. The van der Waals surface area contributed by atoms with Crippen LogP contribution in [-0.2, 0) is 22.5 Å². The second-order valence-electron chi connectivity index (χ2n) is 7.38. The summed E-state index contributed by atoms with van der Waals surface area (Å²) in [5.41, 5.74) is 0.473. The van der Waals surface area contributed by atoms with Crippen LogP contribution in [0.1, 0.15) is 74.7 Å². The van der Waals surface area contributed by atoms with Gasteiger partial charge >= 0.3 is 8.80 Å². The van der Waals surface area contributed by atoms with Crippen LogP contribution in [0.5, 0.6) is 0 Å². The highest BCUT2D eigenvalue weighted by atomic mass is 28.4. The van der Waals surface area contributed by atoms with Crippen LogP contribution >= 0.6 is 0 Å². The largest absolute Gasteiger partial charge is 0.519 e. The van der Waals surface area contributed by atoms with Gasteiger partial charge in [-0.25, -0.2) is 0 Å². The molecule has 0 fully saturated rings. The summed E-state index contributed by atoms with van der Waals surface area (Å²) in [5, 5.41) is 0. The van der Waals surface area contributed by atoms with Crippen molar-refractivity contribution in [3.8, 4) is 0 Å². The molecule has 0 bridgehead atoms. The highest BCUT2D eigenvalue weighted by molar-refractivity contribution is 6.76. The third kappa shape index (κ3) is 8.35. The fourth-order valence-corrected chi connectivity index (χ4v) is 11.3. The van der Waals surface area contributed by atoms with Gasteiger partial charge in [-0.2, -0.15) is 0 Å². The van der Waals surface area contributed by atoms with Gasteiger partial charge in [-0.15, -0.1) is 0 Å². The van der Waals surface area contributed by atoms with Gasteiger partial charge in [-0.3, -0.25) is 4.79 Å². The summed E-state index contributed by atoms with van der Waals surface area (Å²) in [4.78, 5) is 13.1. The van der Waals surface area contributed by atoms with E-state index in [0.717, 1.165) is 31.4 Å². The van der Waals surface area contributed by atoms with E-state index in [1.165, 1.54) is 0 Å². The lowest BCUT2D eigenvalue weighted by Gasteiger charge is -2.37. The molecule has 0 heterocycles. The molecule has 0 aromatic carbocycles. The Morgan fingerprint density at radius 2 is 1.26 bits per heavy atom. The lowest BCUT2D eigenvalue weighted by atomic mass is 10.2. The van der Waals surface area contributed by atoms with Crippen molar-refractivity contribution < 1.29 is 22.5 Å². The van der Waals surface area contributed by atoms with Gasteiger partial charge in [0.05, 0.1) is 5.92 Å². The van der Waals surface area contributed by atoms with Crippen molar-refractivity contribution in [3.05, 3.63) is 0 Å². The fraction of sp³-hybridized carbons (Fsp3) is 0.950. The molecule has 0 saturated carbocycles. The smallest absolute Gasteiger partial charge is 0.501 e. The van der Waals surface area contributed by atoms with Crippen LogP contribution in [0.2, 0.25) is 23.7 Å². The van der Waals surface area contributed by atoms with Gasteiger partial charge in [0.15, 0.2) is 0 Å². The third-order valence-electron chi connectivity index (χ3n) is 5.21. The van der Waals surface area contributed by atoms with E-state index in [1.54, 1.807) is 0 Å². The Bertz CT molecular complexity index is 383. The molecule has 0 aliphatic rings. The minimum atomic E-state index is -2.85. The molecular formula is C20H44O5Si2. The van der Waals surface area contributed by atoms with Crippen LogP contribution in [0.15, 0.2) is 0 Å². The van der Waals surface area contributed by atoms with Gasteiger partial charge in [0.2, 0.25) is 0 Å². The van der Waals surface area contributed by atoms with Crippen molar-refractivity contribution >= 4 is 23.1 Å². The topological polar surface area (TPSA) is 54.0 Å².